The van der Waals surface area contributed by atoms with Gasteiger partial charge in [-0.2, -0.15) is 4.99 Å². The van der Waals surface area contributed by atoms with Crippen LogP contribution in [-0.4, -0.2) is 16.9 Å². The fourth-order valence-corrected chi connectivity index (χ4v) is 1.92. The van der Waals surface area contributed by atoms with Crippen LogP contribution in [0.2, 0.25) is 0 Å². The van der Waals surface area contributed by atoms with Crippen LogP contribution in [0.25, 0.3) is 0 Å². The largest absolute Gasteiger partial charge is 0.370 e. The summed E-state index contributed by atoms with van der Waals surface area (Å²) in [6.45, 7) is 0. The van der Waals surface area contributed by atoms with E-state index in [2.05, 4.69) is 15.0 Å². The maximum atomic E-state index is 5.67. The first-order valence-electron chi connectivity index (χ1n) is 6.57. The van der Waals surface area contributed by atoms with Crippen molar-refractivity contribution in [3.05, 3.63) is 59.9 Å². The lowest BCUT2D eigenvalue weighted by Crippen LogP contribution is -2.26. The number of para-hydroxylation sites is 1. The van der Waals surface area contributed by atoms with Gasteiger partial charge in [-0.1, -0.05) is 24.3 Å². The van der Waals surface area contributed by atoms with Crippen molar-refractivity contribution in [3.8, 4) is 0 Å². The molecule has 0 amide bonds. The van der Waals surface area contributed by atoms with Crippen LogP contribution in [0, 0.1) is 0 Å². The average molecular weight is 282 g/mol. The molecule has 0 radical (unpaired) electrons. The second-order valence-electron chi connectivity index (χ2n) is 4.46. The van der Waals surface area contributed by atoms with Gasteiger partial charge in [0, 0.05) is 11.9 Å². The van der Waals surface area contributed by atoms with Gasteiger partial charge in [0.05, 0.1) is 5.69 Å². The van der Waals surface area contributed by atoms with Gasteiger partial charge >= 0.3 is 0 Å². The molecule has 0 spiro atoms. The fourth-order valence-electron chi connectivity index (χ4n) is 1.92. The Kier molecular flexibility index (Phi) is 4.87. The summed E-state index contributed by atoms with van der Waals surface area (Å²) in [7, 11) is 0. The van der Waals surface area contributed by atoms with Crippen LogP contribution in [-0.2, 0) is 12.8 Å². The predicted octanol–water partition coefficient (Wildman–Crippen LogP) is 1.09. The van der Waals surface area contributed by atoms with Gasteiger partial charge in [0.25, 0.3) is 0 Å². The van der Waals surface area contributed by atoms with Gasteiger partial charge in [0.1, 0.15) is 0 Å². The van der Waals surface area contributed by atoms with Crippen molar-refractivity contribution in [1.82, 2.24) is 4.98 Å². The van der Waals surface area contributed by atoms with E-state index in [-0.39, 0.29) is 11.9 Å². The van der Waals surface area contributed by atoms with Crippen molar-refractivity contribution < 1.29 is 0 Å². The number of rotatable bonds is 4. The molecule has 6 nitrogen and oxygen atoms in total. The number of hydrogen-bond acceptors (Lipinski definition) is 2. The maximum Gasteiger partial charge on any atom is 0.223 e. The van der Waals surface area contributed by atoms with Gasteiger partial charge < -0.3 is 17.2 Å². The zero-order valence-electron chi connectivity index (χ0n) is 11.6. The number of nitrogens with zero attached hydrogens (tertiary/aromatic N) is 3. The van der Waals surface area contributed by atoms with Crippen LogP contribution in [0.5, 0.6) is 0 Å². The summed E-state index contributed by atoms with van der Waals surface area (Å²) in [5, 5.41) is 0. The van der Waals surface area contributed by atoms with E-state index in [1.807, 2.05) is 42.5 Å². The number of pyridine rings is 1. The highest BCUT2D eigenvalue weighted by Gasteiger charge is 2.03. The molecule has 1 heterocycles. The van der Waals surface area contributed by atoms with Crippen LogP contribution < -0.4 is 17.2 Å². The highest BCUT2D eigenvalue weighted by molar-refractivity contribution is 5.93. The minimum atomic E-state index is -0.109. The molecule has 0 bridgehead atoms. The fraction of sp³-hybridized carbons (Fsp3) is 0.133. The van der Waals surface area contributed by atoms with Crippen LogP contribution >= 0.6 is 0 Å². The first-order chi connectivity index (χ1) is 10.1. The SMILES string of the molecule is NC(N)=NC(N)=Nc1ccccc1CCc1ccccn1. The number of guanidine groups is 2. The Morgan fingerprint density at radius 1 is 0.952 bits per heavy atom. The van der Waals surface area contributed by atoms with E-state index in [4.69, 9.17) is 17.2 Å². The van der Waals surface area contributed by atoms with E-state index >= 15 is 0 Å². The number of aryl methyl sites for hydroxylation is 2. The number of aliphatic imine (C=N–C) groups is 2. The highest BCUT2D eigenvalue weighted by atomic mass is 15.1. The van der Waals surface area contributed by atoms with Crippen molar-refractivity contribution in [1.29, 1.82) is 0 Å². The highest BCUT2D eigenvalue weighted by Crippen LogP contribution is 2.20. The Bertz CT molecular complexity index is 644. The van der Waals surface area contributed by atoms with Crippen molar-refractivity contribution in [2.45, 2.75) is 12.8 Å². The quantitative estimate of drug-likeness (QED) is 0.575. The molecule has 2 rings (SSSR count). The minimum Gasteiger partial charge on any atom is -0.370 e. The van der Waals surface area contributed by atoms with Crippen LogP contribution in [0.4, 0.5) is 5.69 Å². The van der Waals surface area contributed by atoms with Gasteiger partial charge in [-0.3, -0.25) is 4.98 Å². The molecule has 0 aliphatic rings. The van der Waals surface area contributed by atoms with Gasteiger partial charge in [0.15, 0.2) is 5.96 Å². The Labute approximate surface area is 123 Å². The number of nitrogens with two attached hydrogens (primary N) is 3. The van der Waals surface area contributed by atoms with Crippen molar-refractivity contribution in [2.75, 3.05) is 0 Å². The molecule has 0 saturated heterocycles. The van der Waals surface area contributed by atoms with Gasteiger partial charge in [-0.05, 0) is 36.6 Å². The standard InChI is InChI=1S/C15H18N6/c16-14(17)21-15(18)20-13-7-2-1-5-11(13)8-9-12-6-3-4-10-19-12/h1-7,10H,8-9H2,(H6,16,17,18,20,21). The lowest BCUT2D eigenvalue weighted by atomic mass is 10.1. The first kappa shape index (κ1) is 14.5. The van der Waals surface area contributed by atoms with Crippen molar-refractivity contribution in [2.24, 2.45) is 27.2 Å². The van der Waals surface area contributed by atoms with E-state index in [0.29, 0.717) is 0 Å². The number of hydrogen-bond donors (Lipinski definition) is 3. The van der Waals surface area contributed by atoms with Crippen LogP contribution in [0.1, 0.15) is 11.3 Å². The Morgan fingerprint density at radius 3 is 2.43 bits per heavy atom. The first-order valence-corrected chi connectivity index (χ1v) is 6.57. The molecule has 0 aliphatic heterocycles. The van der Waals surface area contributed by atoms with Crippen molar-refractivity contribution in [3.63, 3.8) is 0 Å². The van der Waals surface area contributed by atoms with Gasteiger partial charge in [-0.25, -0.2) is 4.99 Å². The van der Waals surface area contributed by atoms with Crippen LogP contribution in [0.3, 0.4) is 0 Å². The Hall–Kier alpha value is -2.89. The summed E-state index contributed by atoms with van der Waals surface area (Å²) in [5.74, 6) is -0.0671. The second kappa shape index (κ2) is 7.04. The molecule has 108 valence electrons. The van der Waals surface area contributed by atoms with Gasteiger partial charge in [0.2, 0.25) is 5.96 Å². The summed E-state index contributed by atoms with van der Waals surface area (Å²) in [5.41, 5.74) is 19.1. The topological polar surface area (TPSA) is 116 Å². The maximum absolute atomic E-state index is 5.67. The second-order valence-corrected chi connectivity index (χ2v) is 4.46. The van der Waals surface area contributed by atoms with E-state index in [1.165, 1.54) is 0 Å². The summed E-state index contributed by atoms with van der Waals surface area (Å²) in [4.78, 5) is 12.3. The molecular weight excluding hydrogens is 264 g/mol. The van der Waals surface area contributed by atoms with Gasteiger partial charge in [-0.15, -0.1) is 0 Å². The molecular formula is C15H18N6. The van der Waals surface area contributed by atoms with E-state index in [0.717, 1.165) is 29.8 Å². The summed E-state index contributed by atoms with van der Waals surface area (Å²) < 4.78 is 0. The third kappa shape index (κ3) is 4.61. The molecule has 0 atom stereocenters. The molecule has 0 fully saturated rings. The zero-order chi connectivity index (χ0) is 15.1. The smallest absolute Gasteiger partial charge is 0.223 e. The number of aromatic nitrogens is 1. The normalized spacial score (nSPS) is 11.1. The average Bonchev–Trinajstić information content (AvgIpc) is 2.46. The predicted molar refractivity (Wildman–Crippen MR) is 85.2 cm³/mol. The third-order valence-electron chi connectivity index (χ3n) is 2.85. The van der Waals surface area contributed by atoms with E-state index in [9.17, 15) is 0 Å². The Morgan fingerprint density at radius 2 is 1.71 bits per heavy atom. The minimum absolute atomic E-state index is 0.0419. The lowest BCUT2D eigenvalue weighted by molar-refractivity contribution is 0.913. The molecule has 1 aromatic carbocycles. The monoisotopic (exact) mass is 282 g/mol. The summed E-state index contributed by atoms with van der Waals surface area (Å²) in [6, 6.07) is 13.6. The number of benzene rings is 1. The summed E-state index contributed by atoms with van der Waals surface area (Å²) in [6.07, 6.45) is 3.43. The molecule has 2 aromatic rings. The van der Waals surface area contributed by atoms with E-state index in [1.54, 1.807) is 6.20 Å². The Balaban J connectivity index is 2.15. The third-order valence-corrected chi connectivity index (χ3v) is 2.85. The van der Waals surface area contributed by atoms with E-state index < -0.39 is 0 Å². The molecule has 21 heavy (non-hydrogen) atoms. The molecule has 1 aromatic heterocycles. The molecule has 0 aliphatic carbocycles. The summed E-state index contributed by atoms with van der Waals surface area (Å²) >= 11 is 0. The lowest BCUT2D eigenvalue weighted by Gasteiger charge is -2.05. The molecule has 0 unspecified atom stereocenters. The zero-order valence-corrected chi connectivity index (χ0v) is 11.6. The molecule has 6 N–H and O–H groups in total. The van der Waals surface area contributed by atoms with Crippen molar-refractivity contribution >= 4 is 17.6 Å². The molecule has 0 saturated carbocycles. The van der Waals surface area contributed by atoms with Crippen LogP contribution in [0.15, 0.2) is 58.6 Å². The molecule has 6 heteroatoms.